The molecule has 0 aromatic heterocycles. The highest BCUT2D eigenvalue weighted by Gasteiger charge is 2.39. The lowest BCUT2D eigenvalue weighted by Crippen LogP contribution is -2.43. The van der Waals surface area contributed by atoms with Crippen molar-refractivity contribution in [2.24, 2.45) is 0 Å². The van der Waals surface area contributed by atoms with Crippen LogP contribution in [0.4, 0.5) is 5.69 Å². The molecule has 0 saturated carbocycles. The van der Waals surface area contributed by atoms with Gasteiger partial charge in [0.15, 0.2) is 9.84 Å². The molecule has 1 fully saturated rings. The normalized spacial score (nSPS) is 17.9. The molecule has 0 radical (unpaired) electrons. The molecule has 0 unspecified atom stereocenters. The van der Waals surface area contributed by atoms with Gasteiger partial charge in [0, 0.05) is 12.2 Å². The van der Waals surface area contributed by atoms with Gasteiger partial charge in [0.1, 0.15) is 6.04 Å². The molecule has 2 aromatic rings. The Hall–Kier alpha value is -2.23. The van der Waals surface area contributed by atoms with Crippen LogP contribution in [0, 0.1) is 6.92 Å². The van der Waals surface area contributed by atoms with Crippen molar-refractivity contribution in [3.05, 3.63) is 54.1 Å². The molecule has 1 aliphatic rings. The number of hydrogen-bond acceptors (Lipinski definition) is 5. The molecule has 1 atom stereocenters. The molecule has 1 amide bonds. The number of anilines is 1. The third-order valence-corrected chi connectivity index (χ3v) is 8.67. The SMILES string of the molecule is CCS(=O)(=O)c1ccc(NC(=O)[C@@H]2CCCN2S(=O)(=O)c2ccc(C)cc2)cc1. The highest BCUT2D eigenvalue weighted by Crippen LogP contribution is 2.27. The molecule has 0 bridgehead atoms. The van der Waals surface area contributed by atoms with E-state index in [4.69, 9.17) is 0 Å². The highest BCUT2D eigenvalue weighted by atomic mass is 32.2. The summed E-state index contributed by atoms with van der Waals surface area (Å²) in [4.78, 5) is 13.1. The summed E-state index contributed by atoms with van der Waals surface area (Å²) in [5, 5.41) is 2.70. The summed E-state index contributed by atoms with van der Waals surface area (Å²) >= 11 is 0. The molecule has 156 valence electrons. The number of nitrogens with one attached hydrogen (secondary N) is 1. The van der Waals surface area contributed by atoms with Gasteiger partial charge in [-0.3, -0.25) is 4.79 Å². The average molecular weight is 437 g/mol. The van der Waals surface area contributed by atoms with Gasteiger partial charge in [0.05, 0.1) is 15.5 Å². The summed E-state index contributed by atoms with van der Waals surface area (Å²) in [6.45, 7) is 3.72. The molecular weight excluding hydrogens is 412 g/mol. The summed E-state index contributed by atoms with van der Waals surface area (Å²) in [5.41, 5.74) is 1.37. The Morgan fingerprint density at radius 1 is 1.00 bits per heavy atom. The smallest absolute Gasteiger partial charge is 0.243 e. The zero-order chi connectivity index (χ0) is 21.2. The van der Waals surface area contributed by atoms with E-state index >= 15 is 0 Å². The number of carbonyl (C=O) groups excluding carboxylic acids is 1. The molecule has 1 heterocycles. The second kappa shape index (κ2) is 8.25. The zero-order valence-corrected chi connectivity index (χ0v) is 18.0. The van der Waals surface area contributed by atoms with E-state index in [-0.39, 0.29) is 22.1 Å². The minimum Gasteiger partial charge on any atom is -0.325 e. The maximum absolute atomic E-state index is 13.0. The second-order valence-electron chi connectivity index (χ2n) is 7.00. The Morgan fingerprint density at radius 2 is 1.59 bits per heavy atom. The Morgan fingerprint density at radius 3 is 2.17 bits per heavy atom. The Balaban J connectivity index is 1.77. The maximum Gasteiger partial charge on any atom is 0.243 e. The lowest BCUT2D eigenvalue weighted by molar-refractivity contribution is -0.119. The van der Waals surface area contributed by atoms with Crippen LogP contribution >= 0.6 is 0 Å². The number of benzene rings is 2. The molecule has 1 N–H and O–H groups in total. The zero-order valence-electron chi connectivity index (χ0n) is 16.3. The average Bonchev–Trinajstić information content (AvgIpc) is 3.20. The Bertz CT molecular complexity index is 1090. The number of sulfonamides is 1. The van der Waals surface area contributed by atoms with Gasteiger partial charge in [0.2, 0.25) is 15.9 Å². The minimum atomic E-state index is -3.78. The summed E-state index contributed by atoms with van der Waals surface area (Å²) in [6, 6.07) is 11.6. The van der Waals surface area contributed by atoms with Gasteiger partial charge in [-0.05, 0) is 56.2 Å². The molecule has 29 heavy (non-hydrogen) atoms. The van der Waals surface area contributed by atoms with Crippen molar-refractivity contribution in [3.63, 3.8) is 0 Å². The number of sulfone groups is 1. The lowest BCUT2D eigenvalue weighted by Gasteiger charge is -2.23. The third kappa shape index (κ3) is 4.52. The van der Waals surface area contributed by atoms with E-state index in [9.17, 15) is 21.6 Å². The molecule has 3 rings (SSSR count). The number of aryl methyl sites for hydroxylation is 1. The molecule has 7 nitrogen and oxygen atoms in total. The summed E-state index contributed by atoms with van der Waals surface area (Å²) in [6.07, 6.45) is 1.02. The van der Waals surface area contributed by atoms with Crippen LogP contribution in [0.25, 0.3) is 0 Å². The van der Waals surface area contributed by atoms with Gasteiger partial charge < -0.3 is 5.32 Å². The van der Waals surface area contributed by atoms with Crippen LogP contribution in [0.15, 0.2) is 58.3 Å². The van der Waals surface area contributed by atoms with E-state index in [0.29, 0.717) is 18.5 Å². The van der Waals surface area contributed by atoms with Gasteiger partial charge >= 0.3 is 0 Å². The number of nitrogens with zero attached hydrogens (tertiary/aromatic N) is 1. The number of amides is 1. The van der Waals surface area contributed by atoms with E-state index in [2.05, 4.69) is 5.32 Å². The summed E-state index contributed by atoms with van der Waals surface area (Å²) in [5.74, 6) is -0.434. The minimum absolute atomic E-state index is 0.00733. The molecule has 2 aromatic carbocycles. The van der Waals surface area contributed by atoms with Crippen LogP contribution in [-0.2, 0) is 24.7 Å². The van der Waals surface area contributed by atoms with Crippen LogP contribution in [0.1, 0.15) is 25.3 Å². The van der Waals surface area contributed by atoms with Crippen LogP contribution in [0.3, 0.4) is 0 Å². The summed E-state index contributed by atoms with van der Waals surface area (Å²) in [7, 11) is -7.10. The molecule has 1 saturated heterocycles. The molecule has 0 aliphatic carbocycles. The first-order valence-electron chi connectivity index (χ1n) is 9.37. The van der Waals surface area contributed by atoms with Crippen molar-refractivity contribution in [1.82, 2.24) is 4.31 Å². The molecule has 0 spiro atoms. The van der Waals surface area contributed by atoms with Gasteiger partial charge in [-0.1, -0.05) is 24.6 Å². The fraction of sp³-hybridized carbons (Fsp3) is 0.350. The van der Waals surface area contributed by atoms with Crippen LogP contribution < -0.4 is 5.32 Å². The predicted octanol–water partition coefficient (Wildman–Crippen LogP) is 2.58. The molecular formula is C20H24N2O5S2. The number of carbonyl (C=O) groups is 1. The number of hydrogen-bond donors (Lipinski definition) is 1. The number of rotatable bonds is 6. The quantitative estimate of drug-likeness (QED) is 0.750. The van der Waals surface area contributed by atoms with Crippen LogP contribution in [-0.4, -0.2) is 45.4 Å². The van der Waals surface area contributed by atoms with Crippen LogP contribution in [0.5, 0.6) is 0 Å². The van der Waals surface area contributed by atoms with E-state index in [1.165, 1.54) is 28.6 Å². The van der Waals surface area contributed by atoms with Gasteiger partial charge in [-0.25, -0.2) is 16.8 Å². The van der Waals surface area contributed by atoms with Gasteiger partial charge in [0.25, 0.3) is 0 Å². The topological polar surface area (TPSA) is 101 Å². The fourth-order valence-corrected chi connectivity index (χ4v) is 5.81. The van der Waals surface area contributed by atoms with E-state index in [1.54, 1.807) is 31.2 Å². The standard InChI is InChI=1S/C20H24N2O5S2/c1-3-28(24,25)17-12-8-16(9-13-17)21-20(23)19-5-4-14-22(19)29(26,27)18-10-6-15(2)7-11-18/h6-13,19H,3-5,14H2,1-2H3,(H,21,23)/t19-/m0/s1. The van der Waals surface area contributed by atoms with Crippen LogP contribution in [0.2, 0.25) is 0 Å². The largest absolute Gasteiger partial charge is 0.325 e. The Kier molecular flexibility index (Phi) is 6.11. The third-order valence-electron chi connectivity index (χ3n) is 4.99. The lowest BCUT2D eigenvalue weighted by atomic mass is 10.2. The first-order chi connectivity index (χ1) is 13.6. The van der Waals surface area contributed by atoms with Crippen molar-refractivity contribution in [2.75, 3.05) is 17.6 Å². The van der Waals surface area contributed by atoms with Crippen molar-refractivity contribution < 1.29 is 21.6 Å². The first-order valence-corrected chi connectivity index (χ1v) is 12.5. The van der Waals surface area contributed by atoms with Crippen molar-refractivity contribution in [3.8, 4) is 0 Å². The van der Waals surface area contributed by atoms with Gasteiger partial charge in [-0.15, -0.1) is 0 Å². The maximum atomic E-state index is 13.0. The van der Waals surface area contributed by atoms with E-state index in [1.807, 2.05) is 6.92 Å². The van der Waals surface area contributed by atoms with E-state index in [0.717, 1.165) is 5.56 Å². The van der Waals surface area contributed by atoms with Crippen molar-refractivity contribution in [1.29, 1.82) is 0 Å². The van der Waals surface area contributed by atoms with Crippen molar-refractivity contribution in [2.45, 2.75) is 42.5 Å². The molecule has 1 aliphatic heterocycles. The highest BCUT2D eigenvalue weighted by molar-refractivity contribution is 7.91. The van der Waals surface area contributed by atoms with Gasteiger partial charge in [-0.2, -0.15) is 4.31 Å². The molecule has 9 heteroatoms. The monoisotopic (exact) mass is 436 g/mol. The van der Waals surface area contributed by atoms with E-state index < -0.39 is 31.8 Å². The Labute approximate surface area is 171 Å². The second-order valence-corrected chi connectivity index (χ2v) is 11.2. The summed E-state index contributed by atoms with van der Waals surface area (Å²) < 4.78 is 51.0. The fourth-order valence-electron chi connectivity index (χ4n) is 3.27. The predicted molar refractivity (Wildman–Crippen MR) is 111 cm³/mol. The van der Waals surface area contributed by atoms with Crippen molar-refractivity contribution >= 4 is 31.5 Å². The first kappa shape index (κ1) is 21.5.